The van der Waals surface area contributed by atoms with Gasteiger partial charge in [0.1, 0.15) is 5.82 Å². The quantitative estimate of drug-likeness (QED) is 0.866. The predicted octanol–water partition coefficient (Wildman–Crippen LogP) is 2.55. The van der Waals surface area contributed by atoms with Crippen LogP contribution >= 0.6 is 22.9 Å². The number of nitrogens with zero attached hydrogens (tertiary/aromatic N) is 4. The summed E-state index contributed by atoms with van der Waals surface area (Å²) >= 11 is 7.65. The van der Waals surface area contributed by atoms with Gasteiger partial charge in [-0.25, -0.2) is 4.98 Å². The van der Waals surface area contributed by atoms with Crippen molar-refractivity contribution in [1.82, 2.24) is 14.8 Å². The fourth-order valence-electron chi connectivity index (χ4n) is 4.03. The number of β-amino-alcohol motifs (C(OH)–C–C–N with tert-alkyl or cyclic N) is 1. The molecule has 2 aromatic heterocycles. The number of anilines is 1. The number of hydrogen-bond donors (Lipinski definition) is 1. The molecular formula is C19H25ClN4OS. The van der Waals surface area contributed by atoms with Crippen LogP contribution in [0.1, 0.15) is 11.3 Å². The number of thiophene rings is 1. The number of piperidine rings is 1. The molecule has 4 rings (SSSR count). The summed E-state index contributed by atoms with van der Waals surface area (Å²) in [6.07, 6.45) is 2.58. The summed E-state index contributed by atoms with van der Waals surface area (Å²) in [5.74, 6) is 1.05. The number of aliphatic hydroxyl groups is 1. The average Bonchev–Trinajstić information content (AvgIpc) is 3.07. The standard InChI is InChI=1S/C19H25ClN4OS/c20-18-5-4-15(26-18)13-22-8-6-16(17(25)14-22)23-9-11-24(12-10-23)19-3-1-2-7-21-19/h1-5,7,16-17,25H,6,8-14H2/t16-,17-/m1/s1. The van der Waals surface area contributed by atoms with Crippen molar-refractivity contribution < 1.29 is 5.11 Å². The Balaban J connectivity index is 1.28. The van der Waals surface area contributed by atoms with Gasteiger partial charge in [0.2, 0.25) is 0 Å². The number of aromatic nitrogens is 1. The van der Waals surface area contributed by atoms with Crippen molar-refractivity contribution in [3.05, 3.63) is 45.7 Å². The van der Waals surface area contributed by atoms with E-state index in [9.17, 15) is 5.11 Å². The number of rotatable bonds is 4. The summed E-state index contributed by atoms with van der Waals surface area (Å²) in [6.45, 7) is 6.56. The van der Waals surface area contributed by atoms with Crippen molar-refractivity contribution >= 4 is 28.8 Å². The Labute approximate surface area is 163 Å². The molecule has 0 bridgehead atoms. The Morgan fingerprint density at radius 1 is 1.12 bits per heavy atom. The first-order chi connectivity index (χ1) is 12.7. The van der Waals surface area contributed by atoms with E-state index in [2.05, 4.69) is 31.8 Å². The summed E-state index contributed by atoms with van der Waals surface area (Å²) in [5, 5.41) is 10.7. The zero-order valence-electron chi connectivity index (χ0n) is 14.8. The molecule has 0 aliphatic carbocycles. The largest absolute Gasteiger partial charge is 0.390 e. The number of hydrogen-bond acceptors (Lipinski definition) is 6. The Kier molecular flexibility index (Phi) is 5.76. The molecule has 2 aliphatic heterocycles. The molecule has 2 aliphatic rings. The molecule has 2 fully saturated rings. The number of pyridine rings is 1. The highest BCUT2D eigenvalue weighted by Crippen LogP contribution is 2.25. The third-order valence-corrected chi connectivity index (χ3v) is 6.61. The van der Waals surface area contributed by atoms with E-state index in [-0.39, 0.29) is 12.1 Å². The van der Waals surface area contributed by atoms with Crippen molar-refractivity contribution in [1.29, 1.82) is 0 Å². The normalized spacial score (nSPS) is 25.5. The molecule has 2 aromatic rings. The maximum Gasteiger partial charge on any atom is 0.128 e. The van der Waals surface area contributed by atoms with Crippen LogP contribution in [0.15, 0.2) is 36.5 Å². The van der Waals surface area contributed by atoms with Gasteiger partial charge in [-0.2, -0.15) is 0 Å². The highest BCUT2D eigenvalue weighted by Gasteiger charge is 2.33. The minimum atomic E-state index is -0.291. The maximum atomic E-state index is 10.7. The van der Waals surface area contributed by atoms with Crippen LogP contribution in [0.3, 0.4) is 0 Å². The Bertz CT molecular complexity index is 705. The van der Waals surface area contributed by atoms with Crippen molar-refractivity contribution in [2.24, 2.45) is 0 Å². The third kappa shape index (κ3) is 4.21. The lowest BCUT2D eigenvalue weighted by Gasteiger charge is -2.45. The van der Waals surface area contributed by atoms with E-state index in [1.54, 1.807) is 11.3 Å². The van der Waals surface area contributed by atoms with Gasteiger partial charge in [-0.3, -0.25) is 9.80 Å². The summed E-state index contributed by atoms with van der Waals surface area (Å²) in [5.41, 5.74) is 0. The van der Waals surface area contributed by atoms with E-state index in [1.165, 1.54) is 4.88 Å². The van der Waals surface area contributed by atoms with Gasteiger partial charge in [0.15, 0.2) is 0 Å². The number of halogens is 1. The van der Waals surface area contributed by atoms with Crippen LogP contribution in [-0.2, 0) is 6.54 Å². The monoisotopic (exact) mass is 392 g/mol. The van der Waals surface area contributed by atoms with Crippen LogP contribution in [0.25, 0.3) is 0 Å². The fourth-order valence-corrected chi connectivity index (χ4v) is 5.16. The van der Waals surface area contributed by atoms with Gasteiger partial charge in [-0.1, -0.05) is 17.7 Å². The molecule has 0 unspecified atom stereocenters. The fraction of sp³-hybridized carbons (Fsp3) is 0.526. The minimum absolute atomic E-state index is 0.268. The summed E-state index contributed by atoms with van der Waals surface area (Å²) in [4.78, 5) is 12.9. The minimum Gasteiger partial charge on any atom is -0.390 e. The molecule has 140 valence electrons. The van der Waals surface area contributed by atoms with Crippen LogP contribution in [0.2, 0.25) is 4.34 Å². The van der Waals surface area contributed by atoms with Gasteiger partial charge in [-0.15, -0.1) is 11.3 Å². The van der Waals surface area contributed by atoms with E-state index in [4.69, 9.17) is 11.6 Å². The van der Waals surface area contributed by atoms with Gasteiger partial charge >= 0.3 is 0 Å². The van der Waals surface area contributed by atoms with Gasteiger partial charge < -0.3 is 10.0 Å². The van der Waals surface area contributed by atoms with Crippen LogP contribution in [0.4, 0.5) is 5.82 Å². The Morgan fingerprint density at radius 3 is 2.62 bits per heavy atom. The van der Waals surface area contributed by atoms with Crippen molar-refractivity contribution in [2.45, 2.75) is 25.1 Å². The van der Waals surface area contributed by atoms with Gasteiger partial charge in [0.25, 0.3) is 0 Å². The summed E-state index contributed by atoms with van der Waals surface area (Å²) in [7, 11) is 0. The molecule has 1 N–H and O–H groups in total. The molecule has 0 spiro atoms. The molecule has 5 nitrogen and oxygen atoms in total. The SMILES string of the molecule is O[C@@H]1CN(Cc2ccc(Cl)s2)CC[C@H]1N1CCN(c2ccccn2)CC1. The van der Waals surface area contributed by atoms with E-state index < -0.39 is 0 Å². The Hall–Kier alpha value is -1.18. The molecule has 0 radical (unpaired) electrons. The van der Waals surface area contributed by atoms with Crippen LogP contribution in [-0.4, -0.2) is 71.3 Å². The summed E-state index contributed by atoms with van der Waals surface area (Å²) in [6, 6.07) is 10.4. The first-order valence-electron chi connectivity index (χ1n) is 9.24. The molecule has 26 heavy (non-hydrogen) atoms. The van der Waals surface area contributed by atoms with Gasteiger partial charge in [0.05, 0.1) is 10.4 Å². The van der Waals surface area contributed by atoms with E-state index in [1.807, 2.05) is 24.4 Å². The smallest absolute Gasteiger partial charge is 0.128 e. The van der Waals surface area contributed by atoms with Crippen molar-refractivity contribution in [2.75, 3.05) is 44.2 Å². The van der Waals surface area contributed by atoms with Gasteiger partial charge in [0, 0.05) is 62.9 Å². The van der Waals surface area contributed by atoms with Gasteiger partial charge in [-0.05, 0) is 30.7 Å². The maximum absolute atomic E-state index is 10.7. The van der Waals surface area contributed by atoms with E-state index in [0.29, 0.717) is 0 Å². The predicted molar refractivity (Wildman–Crippen MR) is 107 cm³/mol. The lowest BCUT2D eigenvalue weighted by Crippen LogP contribution is -2.58. The number of likely N-dealkylation sites (tertiary alicyclic amines) is 1. The molecular weight excluding hydrogens is 368 g/mol. The van der Waals surface area contributed by atoms with Crippen molar-refractivity contribution in [3.63, 3.8) is 0 Å². The van der Waals surface area contributed by atoms with E-state index in [0.717, 1.165) is 62.4 Å². The third-order valence-electron chi connectivity index (χ3n) is 5.40. The molecule has 4 heterocycles. The van der Waals surface area contributed by atoms with Crippen LogP contribution < -0.4 is 4.90 Å². The second kappa shape index (κ2) is 8.23. The zero-order chi connectivity index (χ0) is 17.9. The van der Waals surface area contributed by atoms with Crippen LogP contribution in [0.5, 0.6) is 0 Å². The topological polar surface area (TPSA) is 42.8 Å². The number of aliphatic hydroxyl groups excluding tert-OH is 1. The molecule has 0 aromatic carbocycles. The zero-order valence-corrected chi connectivity index (χ0v) is 16.4. The number of piperazine rings is 1. The highest BCUT2D eigenvalue weighted by molar-refractivity contribution is 7.16. The summed E-state index contributed by atoms with van der Waals surface area (Å²) < 4.78 is 0.834. The van der Waals surface area contributed by atoms with E-state index >= 15 is 0 Å². The average molecular weight is 393 g/mol. The molecule has 2 atom stereocenters. The molecule has 2 saturated heterocycles. The lowest BCUT2D eigenvalue weighted by atomic mass is 9.99. The Morgan fingerprint density at radius 2 is 1.96 bits per heavy atom. The lowest BCUT2D eigenvalue weighted by molar-refractivity contribution is -0.0169. The first-order valence-corrected chi connectivity index (χ1v) is 10.4. The second-order valence-electron chi connectivity index (χ2n) is 7.08. The first kappa shape index (κ1) is 18.2. The van der Waals surface area contributed by atoms with Crippen LogP contribution in [0, 0.1) is 0 Å². The molecule has 7 heteroatoms. The second-order valence-corrected chi connectivity index (χ2v) is 8.87. The van der Waals surface area contributed by atoms with Crippen molar-refractivity contribution in [3.8, 4) is 0 Å². The molecule has 0 amide bonds. The highest BCUT2D eigenvalue weighted by atomic mass is 35.5. The molecule has 0 saturated carbocycles.